The molecule has 0 bridgehead atoms. The molecule has 0 aromatic heterocycles. The Balaban J connectivity index is 2.72. The molecule has 46 valence electrons. The summed E-state index contributed by atoms with van der Waals surface area (Å²) in [6.45, 7) is 6.39. The molecule has 0 rings (SSSR count). The van der Waals surface area contributed by atoms with Gasteiger partial charge in [-0.05, 0) is 19.0 Å². The number of nitrogens with one attached hydrogen (secondary N) is 1. The van der Waals surface area contributed by atoms with Crippen molar-refractivity contribution in [2.75, 3.05) is 13.1 Å². The first-order valence-electron chi connectivity index (χ1n) is 3.18. The lowest BCUT2D eigenvalue weighted by Gasteiger charge is -2.04. The highest BCUT2D eigenvalue weighted by Crippen LogP contribution is 1.85. The maximum atomic E-state index is 5.25. The van der Waals surface area contributed by atoms with Gasteiger partial charge < -0.3 is 5.32 Å². The highest BCUT2D eigenvalue weighted by Gasteiger charge is 1.88. The Bertz CT molecular complexity index is 45.8. The Morgan fingerprint density at radius 3 is 2.50 bits per heavy atom. The zero-order valence-electron chi connectivity index (χ0n) is 5.78. The van der Waals surface area contributed by atoms with E-state index in [4.69, 9.17) is 7.85 Å². The van der Waals surface area contributed by atoms with Gasteiger partial charge in [0.1, 0.15) is 0 Å². The molecule has 0 saturated heterocycles. The average molecular weight is 111 g/mol. The van der Waals surface area contributed by atoms with E-state index in [1.807, 2.05) is 0 Å². The number of rotatable bonds is 4. The van der Waals surface area contributed by atoms with Gasteiger partial charge in [-0.3, -0.25) is 0 Å². The van der Waals surface area contributed by atoms with Gasteiger partial charge in [0.25, 0.3) is 0 Å². The monoisotopic (exact) mass is 111 g/mol. The van der Waals surface area contributed by atoms with E-state index in [-0.39, 0.29) is 0 Å². The highest BCUT2D eigenvalue weighted by molar-refractivity contribution is 6.08. The summed E-state index contributed by atoms with van der Waals surface area (Å²) in [6.07, 6.45) is 0.743. The first-order valence-corrected chi connectivity index (χ1v) is 3.18. The summed E-state index contributed by atoms with van der Waals surface area (Å²) >= 11 is 0. The van der Waals surface area contributed by atoms with E-state index in [9.17, 15) is 0 Å². The first kappa shape index (κ1) is 8.02. The third-order valence-electron chi connectivity index (χ3n) is 0.874. The van der Waals surface area contributed by atoms with Gasteiger partial charge >= 0.3 is 0 Å². The third kappa shape index (κ3) is 6.02. The lowest BCUT2D eigenvalue weighted by Crippen LogP contribution is -2.20. The van der Waals surface area contributed by atoms with Gasteiger partial charge in [0.15, 0.2) is 0 Å². The van der Waals surface area contributed by atoms with Gasteiger partial charge in [-0.2, -0.15) is 0 Å². The van der Waals surface area contributed by atoms with Crippen molar-refractivity contribution >= 4 is 7.85 Å². The summed E-state index contributed by atoms with van der Waals surface area (Å²) in [4.78, 5) is 0. The van der Waals surface area contributed by atoms with Crippen LogP contribution in [-0.2, 0) is 0 Å². The van der Waals surface area contributed by atoms with Gasteiger partial charge in [-0.25, -0.2) is 0 Å². The molecule has 0 atom stereocenters. The van der Waals surface area contributed by atoms with Crippen molar-refractivity contribution in [3.8, 4) is 0 Å². The largest absolute Gasteiger partial charge is 0.317 e. The summed E-state index contributed by atoms with van der Waals surface area (Å²) in [7, 11) is 5.25. The lowest BCUT2D eigenvalue weighted by molar-refractivity contribution is 0.566. The lowest BCUT2D eigenvalue weighted by atomic mass is 10.1. The molecule has 0 aliphatic carbocycles. The highest BCUT2D eigenvalue weighted by atomic mass is 14.8. The van der Waals surface area contributed by atoms with Crippen LogP contribution in [0.25, 0.3) is 0 Å². The molecule has 0 amide bonds. The third-order valence-corrected chi connectivity index (χ3v) is 0.874. The number of hydrogen-bond donors (Lipinski definition) is 1. The summed E-state index contributed by atoms with van der Waals surface area (Å²) in [6, 6.07) is 0. The van der Waals surface area contributed by atoms with Crippen molar-refractivity contribution in [3.05, 3.63) is 0 Å². The maximum Gasteiger partial charge on any atom is 0.0670 e. The van der Waals surface area contributed by atoms with E-state index in [1.54, 1.807) is 0 Å². The minimum absolute atomic E-state index is 0.738. The molecule has 2 heteroatoms. The Hall–Kier alpha value is 0.0249. The van der Waals surface area contributed by atoms with Crippen LogP contribution in [0.1, 0.15) is 13.8 Å². The van der Waals surface area contributed by atoms with E-state index < -0.39 is 0 Å². The average Bonchev–Trinajstić information content (AvgIpc) is 1.66. The van der Waals surface area contributed by atoms with Crippen molar-refractivity contribution in [1.82, 2.24) is 5.32 Å². The van der Waals surface area contributed by atoms with Crippen LogP contribution >= 0.6 is 0 Å². The Morgan fingerprint density at radius 1 is 1.50 bits per heavy atom. The first-order chi connectivity index (χ1) is 3.77. The summed E-state index contributed by atoms with van der Waals surface area (Å²) in [5.74, 6) is 0.738. The van der Waals surface area contributed by atoms with Crippen LogP contribution in [0.15, 0.2) is 0 Å². The Kier molecular flexibility index (Phi) is 5.18. The second-order valence-electron chi connectivity index (χ2n) is 2.39. The van der Waals surface area contributed by atoms with Crippen molar-refractivity contribution in [3.63, 3.8) is 0 Å². The van der Waals surface area contributed by atoms with Crippen LogP contribution in [0.5, 0.6) is 0 Å². The van der Waals surface area contributed by atoms with Gasteiger partial charge in [-0.1, -0.05) is 20.2 Å². The molecule has 0 aromatic carbocycles. The predicted molar refractivity (Wildman–Crippen MR) is 38.3 cm³/mol. The molecule has 0 aromatic rings. The van der Waals surface area contributed by atoms with Gasteiger partial charge in [0, 0.05) is 0 Å². The predicted octanol–water partition coefficient (Wildman–Crippen LogP) is 0.819. The standard InChI is InChI=1S/C6H14BN/c1-6(2)5-8-4-3-7/h6,8H,3-5H2,1-2H3. The second kappa shape index (κ2) is 5.17. The fourth-order valence-electron chi connectivity index (χ4n) is 0.493. The van der Waals surface area contributed by atoms with Crippen LogP contribution in [0, 0.1) is 5.92 Å². The molecule has 0 unspecified atom stereocenters. The number of hydrogen-bond acceptors (Lipinski definition) is 1. The summed E-state index contributed by atoms with van der Waals surface area (Å²) in [5.41, 5.74) is 0. The van der Waals surface area contributed by atoms with Crippen molar-refractivity contribution in [1.29, 1.82) is 0 Å². The minimum Gasteiger partial charge on any atom is -0.317 e. The van der Waals surface area contributed by atoms with Crippen LogP contribution in [0.2, 0.25) is 6.32 Å². The zero-order chi connectivity index (χ0) is 6.41. The zero-order valence-corrected chi connectivity index (χ0v) is 5.78. The fraction of sp³-hybridized carbons (Fsp3) is 1.00. The van der Waals surface area contributed by atoms with Crippen LogP contribution in [0.3, 0.4) is 0 Å². The smallest absolute Gasteiger partial charge is 0.0670 e. The van der Waals surface area contributed by atoms with E-state index in [1.165, 1.54) is 0 Å². The molecule has 0 aliphatic rings. The van der Waals surface area contributed by atoms with Crippen LogP contribution in [0.4, 0.5) is 0 Å². The molecule has 0 fully saturated rings. The van der Waals surface area contributed by atoms with Crippen LogP contribution in [-0.4, -0.2) is 20.9 Å². The van der Waals surface area contributed by atoms with E-state index >= 15 is 0 Å². The van der Waals surface area contributed by atoms with Gasteiger partial charge in [0.2, 0.25) is 0 Å². The SMILES string of the molecule is [B]CCNCC(C)C. The maximum absolute atomic E-state index is 5.25. The molecular weight excluding hydrogens is 96.9 g/mol. The molecule has 8 heavy (non-hydrogen) atoms. The van der Waals surface area contributed by atoms with E-state index in [0.717, 1.165) is 25.3 Å². The van der Waals surface area contributed by atoms with E-state index in [0.29, 0.717) is 0 Å². The van der Waals surface area contributed by atoms with Gasteiger partial charge in [0.05, 0.1) is 7.85 Å². The molecule has 0 saturated carbocycles. The summed E-state index contributed by atoms with van der Waals surface area (Å²) in [5, 5.41) is 3.21. The Labute approximate surface area is 53.3 Å². The molecule has 2 radical (unpaired) electrons. The quantitative estimate of drug-likeness (QED) is 0.418. The minimum atomic E-state index is 0.738. The van der Waals surface area contributed by atoms with Gasteiger partial charge in [-0.15, -0.1) is 0 Å². The topological polar surface area (TPSA) is 12.0 Å². The normalized spacial score (nSPS) is 10.4. The van der Waals surface area contributed by atoms with Crippen molar-refractivity contribution in [2.24, 2.45) is 5.92 Å². The van der Waals surface area contributed by atoms with E-state index in [2.05, 4.69) is 19.2 Å². The molecule has 1 N–H and O–H groups in total. The Morgan fingerprint density at radius 2 is 2.12 bits per heavy atom. The van der Waals surface area contributed by atoms with Crippen molar-refractivity contribution < 1.29 is 0 Å². The molecule has 0 aliphatic heterocycles. The summed E-state index contributed by atoms with van der Waals surface area (Å²) < 4.78 is 0. The van der Waals surface area contributed by atoms with Crippen molar-refractivity contribution in [2.45, 2.75) is 20.2 Å². The van der Waals surface area contributed by atoms with Crippen LogP contribution < -0.4 is 5.32 Å². The molecule has 0 spiro atoms. The second-order valence-corrected chi connectivity index (χ2v) is 2.39. The molecule has 1 nitrogen and oxygen atoms in total. The molecular formula is C6H14BN. The molecule has 0 heterocycles. The fourth-order valence-corrected chi connectivity index (χ4v) is 0.493.